The lowest BCUT2D eigenvalue weighted by Crippen LogP contribution is -2.53. The molecule has 0 aliphatic heterocycles. The Hall–Kier alpha value is -0.0900. The van der Waals surface area contributed by atoms with Gasteiger partial charge in [0.05, 0.1) is 12.1 Å². The number of rotatable bonds is 2. The van der Waals surface area contributed by atoms with Gasteiger partial charge in [0.15, 0.2) is 0 Å². The Bertz CT molecular complexity index is 186. The molecule has 0 bridgehead atoms. The molecule has 1 fully saturated rings. The number of hydrogen-bond donors (Lipinski definition) is 2. The molecule has 0 aromatic rings. The number of carbonyl (C=O) groups is 1. The van der Waals surface area contributed by atoms with E-state index in [0.717, 1.165) is 19.3 Å². The molecule has 70 valence electrons. The minimum Gasteiger partial charge on any atom is -0.394 e. The van der Waals surface area contributed by atoms with Crippen LogP contribution in [0.25, 0.3) is 0 Å². The summed E-state index contributed by atoms with van der Waals surface area (Å²) in [4.78, 5) is 11.1. The van der Waals surface area contributed by atoms with Gasteiger partial charge in [0, 0.05) is 11.8 Å². The van der Waals surface area contributed by atoms with E-state index < -0.39 is 5.54 Å². The molecule has 1 aliphatic rings. The maximum Gasteiger partial charge on any atom is 0.217 e. The Morgan fingerprint density at radius 1 is 1.83 bits per heavy atom. The van der Waals surface area contributed by atoms with Gasteiger partial charge in [0.1, 0.15) is 0 Å². The first-order chi connectivity index (χ1) is 5.60. The number of amides is 1. The molecule has 0 aromatic heterocycles. The van der Waals surface area contributed by atoms with Gasteiger partial charge in [-0.25, -0.2) is 0 Å². The zero-order chi connectivity index (χ0) is 9.19. The maximum atomic E-state index is 10.9. The van der Waals surface area contributed by atoms with E-state index in [0.29, 0.717) is 0 Å². The molecule has 1 rings (SSSR count). The van der Waals surface area contributed by atoms with E-state index in [1.807, 2.05) is 0 Å². The third-order valence-electron chi connectivity index (χ3n) is 2.39. The minimum atomic E-state index is -0.411. The first-order valence-electron chi connectivity index (χ1n) is 4.14. The fourth-order valence-corrected chi connectivity index (χ4v) is 2.55. The molecule has 0 aromatic carbocycles. The quantitative estimate of drug-likeness (QED) is 0.697. The van der Waals surface area contributed by atoms with Crippen LogP contribution in [0, 0.1) is 0 Å². The second kappa shape index (κ2) is 3.75. The van der Waals surface area contributed by atoms with Crippen molar-refractivity contribution < 1.29 is 9.90 Å². The van der Waals surface area contributed by atoms with Gasteiger partial charge in [-0.1, -0.05) is 15.9 Å². The van der Waals surface area contributed by atoms with Crippen molar-refractivity contribution in [1.29, 1.82) is 0 Å². The highest BCUT2D eigenvalue weighted by Crippen LogP contribution is 2.35. The summed E-state index contributed by atoms with van der Waals surface area (Å²) in [5, 5.41) is 12.0. The molecule has 0 spiro atoms. The zero-order valence-electron chi connectivity index (χ0n) is 7.14. The van der Waals surface area contributed by atoms with E-state index in [1.165, 1.54) is 6.92 Å². The molecule has 2 unspecified atom stereocenters. The van der Waals surface area contributed by atoms with Gasteiger partial charge in [-0.15, -0.1) is 0 Å². The summed E-state index contributed by atoms with van der Waals surface area (Å²) in [6.07, 6.45) is 2.93. The van der Waals surface area contributed by atoms with Gasteiger partial charge >= 0.3 is 0 Å². The molecule has 1 aliphatic carbocycles. The molecule has 2 N–H and O–H groups in total. The van der Waals surface area contributed by atoms with Crippen molar-refractivity contribution in [3.05, 3.63) is 0 Å². The largest absolute Gasteiger partial charge is 0.394 e. The van der Waals surface area contributed by atoms with E-state index in [1.54, 1.807) is 0 Å². The summed E-state index contributed by atoms with van der Waals surface area (Å²) < 4.78 is 0. The molecule has 1 amide bonds. The SMILES string of the molecule is CC(=O)NC1(CO)CCCC1Br. The lowest BCUT2D eigenvalue weighted by Gasteiger charge is -2.31. The fraction of sp³-hybridized carbons (Fsp3) is 0.875. The fourth-order valence-electron chi connectivity index (χ4n) is 1.74. The predicted molar refractivity (Wildman–Crippen MR) is 50.2 cm³/mol. The minimum absolute atomic E-state index is 0.0164. The van der Waals surface area contributed by atoms with Crippen molar-refractivity contribution >= 4 is 21.8 Å². The third-order valence-corrected chi connectivity index (χ3v) is 3.72. The van der Waals surface area contributed by atoms with Crippen LogP contribution in [0.1, 0.15) is 26.2 Å². The van der Waals surface area contributed by atoms with Crippen molar-refractivity contribution in [3.63, 3.8) is 0 Å². The molecule has 0 heterocycles. The van der Waals surface area contributed by atoms with Crippen LogP contribution in [0.5, 0.6) is 0 Å². The summed E-state index contributed by atoms with van der Waals surface area (Å²) in [7, 11) is 0. The van der Waals surface area contributed by atoms with E-state index in [9.17, 15) is 9.90 Å². The Kier molecular flexibility index (Phi) is 3.12. The van der Waals surface area contributed by atoms with Gasteiger partial charge in [-0.05, 0) is 19.3 Å². The number of alkyl halides is 1. The molecule has 0 saturated heterocycles. The summed E-state index contributed by atoms with van der Waals surface area (Å²) in [5.74, 6) is -0.0737. The molecule has 0 radical (unpaired) electrons. The van der Waals surface area contributed by atoms with Crippen LogP contribution in [0.4, 0.5) is 0 Å². The summed E-state index contributed by atoms with van der Waals surface area (Å²) in [6, 6.07) is 0. The van der Waals surface area contributed by atoms with Crippen molar-refractivity contribution in [2.75, 3.05) is 6.61 Å². The zero-order valence-corrected chi connectivity index (χ0v) is 8.73. The predicted octanol–water partition coefficient (Wildman–Crippen LogP) is 0.801. The molecule has 12 heavy (non-hydrogen) atoms. The second-order valence-electron chi connectivity index (χ2n) is 3.36. The van der Waals surface area contributed by atoms with Gasteiger partial charge in [-0.3, -0.25) is 4.79 Å². The normalized spacial score (nSPS) is 35.1. The Morgan fingerprint density at radius 2 is 2.50 bits per heavy atom. The van der Waals surface area contributed by atoms with Crippen LogP contribution >= 0.6 is 15.9 Å². The first-order valence-corrected chi connectivity index (χ1v) is 5.06. The average molecular weight is 236 g/mol. The number of hydrogen-bond acceptors (Lipinski definition) is 2. The molecule has 4 heteroatoms. The highest BCUT2D eigenvalue weighted by atomic mass is 79.9. The van der Waals surface area contributed by atoms with Crippen LogP contribution < -0.4 is 5.32 Å². The monoisotopic (exact) mass is 235 g/mol. The Labute approximate surface area is 80.7 Å². The highest BCUT2D eigenvalue weighted by Gasteiger charge is 2.41. The summed E-state index contributed by atoms with van der Waals surface area (Å²) >= 11 is 3.48. The molecule has 2 atom stereocenters. The summed E-state index contributed by atoms with van der Waals surface area (Å²) in [6.45, 7) is 1.50. The molecule has 1 saturated carbocycles. The van der Waals surface area contributed by atoms with Gasteiger partial charge in [0.2, 0.25) is 5.91 Å². The first kappa shape index (κ1) is 9.99. The smallest absolute Gasteiger partial charge is 0.217 e. The average Bonchev–Trinajstić information content (AvgIpc) is 2.32. The maximum absolute atomic E-state index is 10.9. The Morgan fingerprint density at radius 3 is 2.83 bits per heavy atom. The van der Waals surface area contributed by atoms with E-state index in [4.69, 9.17) is 0 Å². The lowest BCUT2D eigenvalue weighted by atomic mass is 9.99. The number of aliphatic hydroxyl groups excluding tert-OH is 1. The van der Waals surface area contributed by atoms with Crippen molar-refractivity contribution in [1.82, 2.24) is 5.32 Å². The van der Waals surface area contributed by atoms with Crippen LogP contribution in [-0.4, -0.2) is 28.0 Å². The van der Waals surface area contributed by atoms with Crippen LogP contribution in [0.3, 0.4) is 0 Å². The van der Waals surface area contributed by atoms with Crippen LogP contribution in [-0.2, 0) is 4.79 Å². The van der Waals surface area contributed by atoms with E-state index >= 15 is 0 Å². The number of carbonyl (C=O) groups excluding carboxylic acids is 1. The van der Waals surface area contributed by atoms with Gasteiger partial charge < -0.3 is 10.4 Å². The Balaban J connectivity index is 2.67. The van der Waals surface area contributed by atoms with E-state index in [2.05, 4.69) is 21.2 Å². The third kappa shape index (κ3) is 1.80. The number of aliphatic hydroxyl groups is 1. The standard InChI is InChI=1S/C8H14BrNO2/c1-6(12)10-8(5-11)4-2-3-7(8)9/h7,11H,2-5H2,1H3,(H,10,12). The second-order valence-corrected chi connectivity index (χ2v) is 4.46. The van der Waals surface area contributed by atoms with Crippen molar-refractivity contribution in [3.8, 4) is 0 Å². The van der Waals surface area contributed by atoms with Gasteiger partial charge in [-0.2, -0.15) is 0 Å². The van der Waals surface area contributed by atoms with Crippen LogP contribution in [0.2, 0.25) is 0 Å². The molecular formula is C8H14BrNO2. The molecule has 3 nitrogen and oxygen atoms in total. The number of nitrogens with one attached hydrogen (secondary N) is 1. The van der Waals surface area contributed by atoms with Crippen molar-refractivity contribution in [2.24, 2.45) is 0 Å². The van der Waals surface area contributed by atoms with Crippen LogP contribution in [0.15, 0.2) is 0 Å². The lowest BCUT2D eigenvalue weighted by molar-refractivity contribution is -0.121. The summed E-state index contributed by atoms with van der Waals surface area (Å²) in [5.41, 5.74) is -0.411. The van der Waals surface area contributed by atoms with Crippen molar-refractivity contribution in [2.45, 2.75) is 36.6 Å². The molecular weight excluding hydrogens is 222 g/mol. The topological polar surface area (TPSA) is 49.3 Å². The number of halogens is 1. The van der Waals surface area contributed by atoms with E-state index in [-0.39, 0.29) is 17.3 Å². The highest BCUT2D eigenvalue weighted by molar-refractivity contribution is 9.09. The van der Waals surface area contributed by atoms with Gasteiger partial charge in [0.25, 0.3) is 0 Å².